The van der Waals surface area contributed by atoms with Crippen molar-refractivity contribution >= 4 is 21.6 Å². The number of furan rings is 1. The van der Waals surface area contributed by atoms with Crippen molar-refractivity contribution in [3.8, 4) is 11.3 Å². The number of rotatable bonds is 6. The first-order valence-electron chi connectivity index (χ1n) is 7.57. The highest BCUT2D eigenvalue weighted by Crippen LogP contribution is 2.30. The maximum absolute atomic E-state index is 12.9. The van der Waals surface area contributed by atoms with Crippen LogP contribution in [0.15, 0.2) is 43.8 Å². The van der Waals surface area contributed by atoms with E-state index in [0.29, 0.717) is 40.7 Å². The molecule has 0 amide bonds. The lowest BCUT2D eigenvalue weighted by atomic mass is 10.2. The molecule has 0 aromatic carbocycles. The van der Waals surface area contributed by atoms with E-state index in [9.17, 15) is 4.79 Å². The summed E-state index contributed by atoms with van der Waals surface area (Å²) in [5.41, 5.74) is 0.567. The number of hydrogen-bond donors (Lipinski definition) is 0. The molecule has 0 aliphatic carbocycles. The lowest BCUT2D eigenvalue weighted by Gasteiger charge is -2.02. The third-order valence-electron chi connectivity index (χ3n) is 3.69. The second-order valence-electron chi connectivity index (χ2n) is 5.33. The average molecular weight is 358 g/mol. The van der Waals surface area contributed by atoms with Crippen LogP contribution in [0, 0.1) is 0 Å². The maximum atomic E-state index is 12.9. The first kappa shape index (κ1) is 15.7. The predicted molar refractivity (Wildman–Crippen MR) is 90.6 cm³/mol. The highest BCUT2D eigenvalue weighted by Gasteiger charge is 2.16. The van der Waals surface area contributed by atoms with Gasteiger partial charge in [0.05, 0.1) is 24.6 Å². The largest absolute Gasteiger partial charge is 0.464 e. The highest BCUT2D eigenvalue weighted by atomic mass is 32.1. The smallest absolute Gasteiger partial charge is 0.263 e. The summed E-state index contributed by atoms with van der Waals surface area (Å²) in [7, 11) is 1.61. The van der Waals surface area contributed by atoms with E-state index in [1.54, 1.807) is 19.4 Å². The molecule has 0 N–H and O–H groups in total. The normalized spacial score (nSPS) is 11.4. The summed E-state index contributed by atoms with van der Waals surface area (Å²) < 4.78 is 17.1. The fourth-order valence-corrected chi connectivity index (χ4v) is 3.37. The third-order valence-corrected chi connectivity index (χ3v) is 4.58. The van der Waals surface area contributed by atoms with E-state index in [-0.39, 0.29) is 12.1 Å². The number of methoxy groups -OCH3 is 1. The molecule has 0 aliphatic rings. The van der Waals surface area contributed by atoms with Gasteiger partial charge in [-0.25, -0.2) is 4.98 Å². The first-order chi connectivity index (χ1) is 12.3. The molecule has 0 fully saturated rings. The van der Waals surface area contributed by atoms with Gasteiger partial charge in [0, 0.05) is 24.5 Å². The van der Waals surface area contributed by atoms with E-state index in [1.807, 2.05) is 11.4 Å². The Morgan fingerprint density at radius 2 is 2.32 bits per heavy atom. The zero-order valence-corrected chi connectivity index (χ0v) is 14.2. The van der Waals surface area contributed by atoms with Crippen molar-refractivity contribution in [3.63, 3.8) is 0 Å². The molecule has 4 aromatic rings. The molecule has 0 aliphatic heterocycles. The molecule has 0 unspecified atom stereocenters. The Bertz CT molecular complexity index is 1050. The van der Waals surface area contributed by atoms with Gasteiger partial charge in [-0.2, -0.15) is 4.98 Å². The molecule has 4 rings (SSSR count). The Kier molecular flexibility index (Phi) is 4.16. The Labute approximate surface area is 145 Å². The van der Waals surface area contributed by atoms with Gasteiger partial charge in [0.15, 0.2) is 5.82 Å². The Balaban J connectivity index is 1.69. The lowest BCUT2D eigenvalue weighted by molar-refractivity contribution is 0.199. The number of hydrogen-bond acceptors (Lipinski definition) is 8. The van der Waals surface area contributed by atoms with E-state index in [4.69, 9.17) is 13.7 Å². The summed E-state index contributed by atoms with van der Waals surface area (Å²) in [5, 5.41) is 6.28. The Morgan fingerprint density at radius 3 is 3.12 bits per heavy atom. The van der Waals surface area contributed by atoms with Gasteiger partial charge in [-0.1, -0.05) is 5.16 Å². The molecule has 0 spiro atoms. The third kappa shape index (κ3) is 2.99. The van der Waals surface area contributed by atoms with Crippen LogP contribution < -0.4 is 5.56 Å². The molecule has 128 valence electrons. The van der Waals surface area contributed by atoms with Crippen LogP contribution in [-0.2, 0) is 17.7 Å². The quantitative estimate of drug-likeness (QED) is 0.522. The van der Waals surface area contributed by atoms with Gasteiger partial charge in [-0.05, 0) is 12.1 Å². The molecule has 4 heterocycles. The minimum atomic E-state index is -0.172. The topological polar surface area (TPSA) is 96.2 Å². The van der Waals surface area contributed by atoms with Gasteiger partial charge in [-0.3, -0.25) is 9.36 Å². The van der Waals surface area contributed by atoms with Gasteiger partial charge >= 0.3 is 0 Å². The SMILES string of the molecule is COCCc1noc(Cn2cnc3scc(-c4ccco4)c3c2=O)n1. The molecular formula is C16H14N4O4S. The van der Waals surface area contributed by atoms with E-state index >= 15 is 0 Å². The minimum Gasteiger partial charge on any atom is -0.464 e. The van der Waals surface area contributed by atoms with E-state index in [1.165, 1.54) is 22.2 Å². The monoisotopic (exact) mass is 358 g/mol. The highest BCUT2D eigenvalue weighted by molar-refractivity contribution is 7.17. The average Bonchev–Trinajstić information content (AvgIpc) is 3.35. The van der Waals surface area contributed by atoms with Crippen LogP contribution in [-0.4, -0.2) is 33.4 Å². The maximum Gasteiger partial charge on any atom is 0.263 e. The second kappa shape index (κ2) is 6.61. The molecule has 0 saturated heterocycles. The fraction of sp³-hybridized carbons (Fsp3) is 0.250. The van der Waals surface area contributed by atoms with Gasteiger partial charge in [0.25, 0.3) is 5.56 Å². The molecular weight excluding hydrogens is 344 g/mol. The summed E-state index contributed by atoms with van der Waals surface area (Å²) in [6.07, 6.45) is 3.62. The van der Waals surface area contributed by atoms with Gasteiger partial charge in [-0.15, -0.1) is 11.3 Å². The number of ether oxygens (including phenoxy) is 1. The molecule has 4 aromatic heterocycles. The predicted octanol–water partition coefficient (Wildman–Crippen LogP) is 2.34. The number of nitrogens with zero attached hydrogens (tertiary/aromatic N) is 4. The van der Waals surface area contributed by atoms with Crippen molar-refractivity contribution in [1.82, 2.24) is 19.7 Å². The molecule has 0 radical (unpaired) electrons. The number of fused-ring (bicyclic) bond motifs is 1. The molecule has 0 atom stereocenters. The summed E-state index contributed by atoms with van der Waals surface area (Å²) in [6.45, 7) is 0.670. The zero-order chi connectivity index (χ0) is 17.2. The van der Waals surface area contributed by atoms with E-state index < -0.39 is 0 Å². The number of aromatic nitrogens is 4. The molecule has 0 bridgehead atoms. The Morgan fingerprint density at radius 1 is 1.40 bits per heavy atom. The van der Waals surface area contributed by atoms with Crippen LogP contribution in [0.5, 0.6) is 0 Å². The van der Waals surface area contributed by atoms with Crippen LogP contribution in [0.3, 0.4) is 0 Å². The van der Waals surface area contributed by atoms with Crippen molar-refractivity contribution in [3.05, 3.63) is 52.2 Å². The Hall–Kier alpha value is -2.78. The van der Waals surface area contributed by atoms with Crippen molar-refractivity contribution in [1.29, 1.82) is 0 Å². The fourth-order valence-electron chi connectivity index (χ4n) is 2.49. The first-order valence-corrected chi connectivity index (χ1v) is 8.45. The van der Waals surface area contributed by atoms with Gasteiger partial charge in [0.2, 0.25) is 5.89 Å². The summed E-state index contributed by atoms with van der Waals surface area (Å²) in [4.78, 5) is 22.2. The molecule has 0 saturated carbocycles. The van der Waals surface area contributed by atoms with Crippen molar-refractivity contribution in [2.45, 2.75) is 13.0 Å². The lowest BCUT2D eigenvalue weighted by Crippen LogP contribution is -2.21. The molecule has 9 heteroatoms. The van der Waals surface area contributed by atoms with Gasteiger partial charge < -0.3 is 13.7 Å². The number of thiophene rings is 1. The van der Waals surface area contributed by atoms with Crippen molar-refractivity contribution in [2.75, 3.05) is 13.7 Å². The van der Waals surface area contributed by atoms with E-state index in [0.717, 1.165) is 5.56 Å². The van der Waals surface area contributed by atoms with Crippen molar-refractivity contribution in [2.24, 2.45) is 0 Å². The van der Waals surface area contributed by atoms with Crippen LogP contribution in [0.25, 0.3) is 21.5 Å². The van der Waals surface area contributed by atoms with Crippen LogP contribution in [0.2, 0.25) is 0 Å². The standard InChI is InChI=1S/C16H14N4O4S/c1-22-6-4-12-18-13(24-19-12)7-20-9-17-15-14(16(20)21)10(8-25-15)11-3-2-5-23-11/h2-3,5,8-9H,4,6-7H2,1H3. The second-order valence-corrected chi connectivity index (χ2v) is 6.19. The molecule has 25 heavy (non-hydrogen) atoms. The summed E-state index contributed by atoms with van der Waals surface area (Å²) in [5.74, 6) is 1.54. The van der Waals surface area contributed by atoms with Crippen LogP contribution in [0.1, 0.15) is 11.7 Å². The molecule has 8 nitrogen and oxygen atoms in total. The summed E-state index contributed by atoms with van der Waals surface area (Å²) >= 11 is 1.40. The zero-order valence-electron chi connectivity index (χ0n) is 13.3. The van der Waals surface area contributed by atoms with Crippen molar-refractivity contribution < 1.29 is 13.7 Å². The van der Waals surface area contributed by atoms with E-state index in [2.05, 4.69) is 15.1 Å². The van der Waals surface area contributed by atoms with Gasteiger partial charge in [0.1, 0.15) is 17.1 Å². The summed E-state index contributed by atoms with van der Waals surface area (Å²) in [6, 6.07) is 3.60. The van der Waals surface area contributed by atoms with Crippen LogP contribution >= 0.6 is 11.3 Å². The minimum absolute atomic E-state index is 0.162. The van der Waals surface area contributed by atoms with Crippen LogP contribution in [0.4, 0.5) is 0 Å².